The number of carbonyl (C=O) groups is 1. The molecule has 0 aliphatic carbocycles. The lowest BCUT2D eigenvalue weighted by molar-refractivity contribution is -0.140. The summed E-state index contributed by atoms with van der Waals surface area (Å²) in [7, 11) is 0. The Morgan fingerprint density at radius 2 is 1.76 bits per heavy atom. The van der Waals surface area contributed by atoms with Gasteiger partial charge in [0, 0.05) is 38.6 Å². The lowest BCUT2D eigenvalue weighted by Gasteiger charge is -2.28. The maximum atomic E-state index is 14.3. The number of pyridine rings is 1. The Balaban J connectivity index is 0.00000400. The molecule has 1 aromatic heterocycles. The predicted molar refractivity (Wildman–Crippen MR) is 132 cm³/mol. The van der Waals surface area contributed by atoms with Gasteiger partial charge in [-0.05, 0) is 48.7 Å². The Bertz CT molecular complexity index is 1340. The average Bonchev–Trinajstić information content (AvgIpc) is 3.03. The van der Waals surface area contributed by atoms with E-state index in [1.54, 1.807) is 30.3 Å². The lowest BCUT2D eigenvalue weighted by Crippen LogP contribution is -2.31. The van der Waals surface area contributed by atoms with Crippen LogP contribution in [0.5, 0.6) is 0 Å². The van der Waals surface area contributed by atoms with E-state index in [1.165, 1.54) is 36.1 Å². The van der Waals surface area contributed by atoms with Gasteiger partial charge in [0.15, 0.2) is 5.69 Å². The number of alkyl halides is 5. The molecule has 1 N–H and O–H groups in total. The number of nitrogens with zero attached hydrogens (tertiary/aromatic N) is 3. The summed E-state index contributed by atoms with van der Waals surface area (Å²) in [5.74, 6) is -3.94. The quantitative estimate of drug-likeness (QED) is 0.377. The molecule has 0 bridgehead atoms. The normalized spacial score (nSPS) is 15.5. The number of hydrogen-bond donors (Lipinski definition) is 1. The molecule has 194 valence electrons. The van der Waals surface area contributed by atoms with Gasteiger partial charge in [-0.25, -0.2) is 13.8 Å². The molecule has 1 aliphatic heterocycles. The highest BCUT2D eigenvalue weighted by Crippen LogP contribution is 2.42. The highest BCUT2D eigenvalue weighted by atomic mass is 19.4. The smallest absolute Gasteiger partial charge is 0.356 e. The van der Waals surface area contributed by atoms with E-state index in [4.69, 9.17) is 5.26 Å². The van der Waals surface area contributed by atoms with Crippen molar-refractivity contribution in [3.05, 3.63) is 77.0 Å². The molecule has 0 saturated carbocycles. The van der Waals surface area contributed by atoms with E-state index in [-0.39, 0.29) is 54.6 Å². The summed E-state index contributed by atoms with van der Waals surface area (Å²) in [5, 5.41) is 11.8. The first kappa shape index (κ1) is 26.1. The van der Waals surface area contributed by atoms with E-state index in [1.807, 2.05) is 6.07 Å². The molecule has 1 amide bonds. The van der Waals surface area contributed by atoms with Gasteiger partial charge in [-0.2, -0.15) is 18.4 Å². The highest BCUT2D eigenvalue weighted by molar-refractivity contribution is 6.10. The number of benzene rings is 2. The molecule has 1 saturated heterocycles. The minimum absolute atomic E-state index is 0. The number of anilines is 2. The van der Waals surface area contributed by atoms with Gasteiger partial charge < -0.3 is 10.2 Å². The number of rotatable bonds is 4. The molecule has 4 rings (SSSR count). The number of para-hydroxylation sites is 1. The van der Waals surface area contributed by atoms with Crippen molar-refractivity contribution in [3.8, 4) is 17.2 Å². The third-order valence-electron chi connectivity index (χ3n) is 6.28. The van der Waals surface area contributed by atoms with E-state index in [9.17, 15) is 26.7 Å². The van der Waals surface area contributed by atoms with E-state index in [2.05, 4.69) is 10.3 Å². The van der Waals surface area contributed by atoms with Crippen molar-refractivity contribution in [2.24, 2.45) is 0 Å². The number of halogens is 5. The minimum Gasteiger partial charge on any atom is -0.356 e. The van der Waals surface area contributed by atoms with Crippen LogP contribution < -0.4 is 10.2 Å². The van der Waals surface area contributed by atoms with E-state index >= 15 is 0 Å². The zero-order chi connectivity index (χ0) is 26.8. The molecular weight excluding hydrogens is 491 g/mol. The van der Waals surface area contributed by atoms with Crippen LogP contribution >= 0.6 is 0 Å². The first-order chi connectivity index (χ1) is 17.5. The van der Waals surface area contributed by atoms with Gasteiger partial charge in [-0.15, -0.1) is 0 Å². The Morgan fingerprint density at radius 3 is 2.38 bits per heavy atom. The summed E-state index contributed by atoms with van der Waals surface area (Å²) < 4.78 is 71.1. The fraction of sp³-hybridized carbons (Fsp3) is 0.296. The molecule has 3 aromatic rings. The molecule has 37 heavy (non-hydrogen) atoms. The van der Waals surface area contributed by atoms with Crippen molar-refractivity contribution < 1.29 is 28.2 Å². The Kier molecular flexibility index (Phi) is 7.16. The van der Waals surface area contributed by atoms with Crippen molar-refractivity contribution in [2.45, 2.75) is 38.3 Å². The fourth-order valence-electron chi connectivity index (χ4n) is 4.45. The van der Waals surface area contributed by atoms with E-state index in [0.29, 0.717) is 5.69 Å². The second-order valence-electron chi connectivity index (χ2n) is 8.86. The summed E-state index contributed by atoms with van der Waals surface area (Å²) in [6, 6.07) is 15.8. The second-order valence-corrected chi connectivity index (χ2v) is 8.86. The van der Waals surface area contributed by atoms with Gasteiger partial charge in [0.25, 0.3) is 5.91 Å². The number of aromatic nitrogens is 1. The summed E-state index contributed by atoms with van der Waals surface area (Å²) in [4.78, 5) is 18.8. The molecule has 10 heteroatoms. The minimum atomic E-state index is -4.90. The number of nitrogens with one attached hydrogen (secondary N) is 1. The molecule has 0 atom stereocenters. The molecule has 0 spiro atoms. The van der Waals surface area contributed by atoms with Crippen LogP contribution in [0.3, 0.4) is 0 Å². The summed E-state index contributed by atoms with van der Waals surface area (Å²) >= 11 is 0. The zero-order valence-electron chi connectivity index (χ0n) is 19.9. The molecule has 0 radical (unpaired) electrons. The number of nitriles is 1. The van der Waals surface area contributed by atoms with Crippen molar-refractivity contribution in [1.29, 1.82) is 5.26 Å². The van der Waals surface area contributed by atoms with Crippen molar-refractivity contribution in [1.82, 2.24) is 4.98 Å². The highest BCUT2D eigenvalue weighted by Gasteiger charge is 2.40. The van der Waals surface area contributed by atoms with Crippen LogP contribution in [0.25, 0.3) is 11.1 Å². The van der Waals surface area contributed by atoms with E-state index < -0.39 is 36.5 Å². The lowest BCUT2D eigenvalue weighted by atomic mass is 9.93. The molecule has 1 fully saturated rings. The van der Waals surface area contributed by atoms with Crippen LogP contribution in [-0.4, -0.2) is 29.9 Å². The first-order valence-corrected chi connectivity index (χ1v) is 11.6. The van der Waals surface area contributed by atoms with Gasteiger partial charge in [0.1, 0.15) is 5.82 Å². The number of carbonyl (C=O) groups excluding carboxylic acids is 1. The van der Waals surface area contributed by atoms with Crippen LogP contribution in [0, 0.1) is 18.3 Å². The van der Waals surface area contributed by atoms with Gasteiger partial charge >= 0.3 is 6.18 Å². The molecule has 1 aliphatic rings. The zero-order valence-corrected chi connectivity index (χ0v) is 19.9. The number of amides is 1. The van der Waals surface area contributed by atoms with Crippen molar-refractivity contribution in [3.63, 3.8) is 0 Å². The van der Waals surface area contributed by atoms with Crippen LogP contribution in [0.15, 0.2) is 54.6 Å². The number of hydrogen-bond acceptors (Lipinski definition) is 4. The average molecular weight is 517 g/mol. The van der Waals surface area contributed by atoms with Gasteiger partial charge in [0.2, 0.25) is 5.92 Å². The molecule has 5 nitrogen and oxygen atoms in total. The fourth-order valence-corrected chi connectivity index (χ4v) is 4.45. The monoisotopic (exact) mass is 516 g/mol. The van der Waals surface area contributed by atoms with Crippen LogP contribution in [0.4, 0.5) is 33.5 Å². The third kappa shape index (κ3) is 5.71. The largest absolute Gasteiger partial charge is 0.434 e. The maximum Gasteiger partial charge on any atom is 0.434 e. The van der Waals surface area contributed by atoms with Crippen LogP contribution in [0.2, 0.25) is 0 Å². The predicted octanol–water partition coefficient (Wildman–Crippen LogP) is 7.07. The second kappa shape index (κ2) is 10.2. The SMILES string of the molecule is Cc1c(C(=O)Nc2ccccc2)c(N2CCCC(F)(F)CC2)nc(C(F)(F)F)c1-c1ccc(C#N)cc1.[HH]. The summed E-state index contributed by atoms with van der Waals surface area (Å²) in [6.07, 6.45) is -5.82. The molecule has 0 unspecified atom stereocenters. The molecule has 2 aromatic carbocycles. The van der Waals surface area contributed by atoms with Gasteiger partial charge in [-0.1, -0.05) is 30.3 Å². The molecule has 2 heterocycles. The van der Waals surface area contributed by atoms with Gasteiger partial charge in [-0.3, -0.25) is 4.79 Å². The maximum absolute atomic E-state index is 14.3. The standard InChI is InChI=1S/C27H23F5N4O.H2/c1-17-21(19-10-8-18(16-33)9-11-19)23(27(30,31)32)35-24(36-14-5-12-26(28,29)13-15-36)22(17)25(37)34-20-6-3-2-4-7-20;/h2-4,6-11H,5,12-15H2,1H3,(H,34,37);1H. The summed E-state index contributed by atoms with van der Waals surface area (Å²) in [6.45, 7) is 1.17. The summed E-state index contributed by atoms with van der Waals surface area (Å²) in [5.41, 5.74) is -0.852. The van der Waals surface area contributed by atoms with E-state index in [0.717, 1.165) is 0 Å². The van der Waals surface area contributed by atoms with Crippen molar-refractivity contribution in [2.75, 3.05) is 23.3 Å². The Morgan fingerprint density at radius 1 is 1.08 bits per heavy atom. The topological polar surface area (TPSA) is 69.0 Å². The van der Waals surface area contributed by atoms with Gasteiger partial charge in [0.05, 0.1) is 17.2 Å². The van der Waals surface area contributed by atoms with Crippen molar-refractivity contribution >= 4 is 17.4 Å². The molecular formula is C27H25F5N4O. The third-order valence-corrected chi connectivity index (χ3v) is 6.28. The van der Waals surface area contributed by atoms with Crippen LogP contribution in [-0.2, 0) is 6.18 Å². The van der Waals surface area contributed by atoms with Crippen LogP contribution in [0.1, 0.15) is 47.9 Å². The Labute approximate surface area is 212 Å². The Hall–Kier alpha value is -4.00. The first-order valence-electron chi connectivity index (χ1n) is 11.6.